The Morgan fingerprint density at radius 2 is 1.56 bits per heavy atom. The molecule has 3 heterocycles. The van der Waals surface area contributed by atoms with E-state index in [0.717, 1.165) is 45.9 Å². The van der Waals surface area contributed by atoms with Gasteiger partial charge >= 0.3 is 0 Å². The molecule has 2 N–H and O–H groups in total. The Hall–Kier alpha value is -4.46. The highest BCUT2D eigenvalue weighted by atomic mass is 15.3. The molecule has 2 aromatic carbocycles. The molecule has 8 nitrogen and oxygen atoms in total. The van der Waals surface area contributed by atoms with Crippen LogP contribution in [0.1, 0.15) is 11.6 Å². The molecule has 0 spiro atoms. The number of hydrogen-bond donors (Lipinski definition) is 2. The molecule has 0 atom stereocenters. The molecule has 0 saturated heterocycles. The number of para-hydroxylation sites is 1. The SMILES string of the molecule is Cc1nc(C)n(-c2ccc(Nc3cc(-n4cc(Nc5ccccc5)cn4)ccn3)cc2)n1. The van der Waals surface area contributed by atoms with Crippen LogP contribution in [0.2, 0.25) is 0 Å². The maximum absolute atomic E-state index is 4.47. The van der Waals surface area contributed by atoms with Gasteiger partial charge in [-0.1, -0.05) is 18.2 Å². The van der Waals surface area contributed by atoms with Gasteiger partial charge in [0.1, 0.15) is 17.5 Å². The number of pyridine rings is 1. The van der Waals surface area contributed by atoms with E-state index in [4.69, 9.17) is 0 Å². The summed E-state index contributed by atoms with van der Waals surface area (Å²) in [6.07, 6.45) is 5.51. The van der Waals surface area contributed by atoms with E-state index in [0.29, 0.717) is 0 Å². The summed E-state index contributed by atoms with van der Waals surface area (Å²) in [5.74, 6) is 2.35. The summed E-state index contributed by atoms with van der Waals surface area (Å²) in [6.45, 7) is 3.83. The van der Waals surface area contributed by atoms with Crippen LogP contribution in [0, 0.1) is 13.8 Å². The van der Waals surface area contributed by atoms with Crippen molar-refractivity contribution in [3.05, 3.63) is 97.0 Å². The molecule has 3 aromatic heterocycles. The number of benzene rings is 2. The highest BCUT2D eigenvalue weighted by Crippen LogP contribution is 2.21. The van der Waals surface area contributed by atoms with Crippen LogP contribution in [0.15, 0.2) is 85.3 Å². The molecule has 0 fully saturated rings. The van der Waals surface area contributed by atoms with Crippen molar-refractivity contribution in [3.63, 3.8) is 0 Å². The zero-order valence-corrected chi connectivity index (χ0v) is 17.8. The van der Waals surface area contributed by atoms with Gasteiger partial charge in [0.2, 0.25) is 0 Å². The Kier molecular flexibility index (Phi) is 5.09. The van der Waals surface area contributed by atoms with Gasteiger partial charge < -0.3 is 10.6 Å². The highest BCUT2D eigenvalue weighted by molar-refractivity contribution is 5.61. The summed E-state index contributed by atoms with van der Waals surface area (Å²) >= 11 is 0. The molecule has 0 saturated carbocycles. The van der Waals surface area contributed by atoms with Gasteiger partial charge in [-0.2, -0.15) is 10.2 Å². The minimum atomic E-state index is 0.732. The third-order valence-corrected chi connectivity index (χ3v) is 4.91. The summed E-state index contributed by atoms with van der Waals surface area (Å²) in [6, 6.07) is 21.9. The summed E-state index contributed by atoms with van der Waals surface area (Å²) in [5.41, 5.74) is 4.74. The predicted molar refractivity (Wildman–Crippen MR) is 125 cm³/mol. The Morgan fingerprint density at radius 1 is 0.781 bits per heavy atom. The zero-order chi connectivity index (χ0) is 21.9. The van der Waals surface area contributed by atoms with Crippen molar-refractivity contribution in [2.45, 2.75) is 13.8 Å². The van der Waals surface area contributed by atoms with Crippen LogP contribution < -0.4 is 10.6 Å². The van der Waals surface area contributed by atoms with Crippen molar-refractivity contribution >= 4 is 22.9 Å². The van der Waals surface area contributed by atoms with Crippen molar-refractivity contribution in [1.29, 1.82) is 0 Å². The van der Waals surface area contributed by atoms with Gasteiger partial charge in [0.25, 0.3) is 0 Å². The monoisotopic (exact) mass is 422 g/mol. The first-order valence-electron chi connectivity index (χ1n) is 10.2. The summed E-state index contributed by atoms with van der Waals surface area (Å²) in [4.78, 5) is 8.79. The van der Waals surface area contributed by atoms with Crippen molar-refractivity contribution in [3.8, 4) is 11.4 Å². The second-order valence-corrected chi connectivity index (χ2v) is 7.35. The fraction of sp³-hybridized carbons (Fsp3) is 0.0833. The van der Waals surface area contributed by atoms with Gasteiger partial charge in [-0.3, -0.25) is 0 Å². The van der Waals surface area contributed by atoms with E-state index in [1.54, 1.807) is 12.4 Å². The van der Waals surface area contributed by atoms with Crippen LogP contribution in [0.5, 0.6) is 0 Å². The molecule has 0 unspecified atom stereocenters. The lowest BCUT2D eigenvalue weighted by molar-refractivity contribution is 0.831. The highest BCUT2D eigenvalue weighted by Gasteiger charge is 2.07. The number of rotatable bonds is 6. The molecule has 5 rings (SSSR count). The Labute approximate surface area is 185 Å². The number of hydrogen-bond acceptors (Lipinski definition) is 6. The van der Waals surface area contributed by atoms with E-state index in [1.165, 1.54) is 0 Å². The van der Waals surface area contributed by atoms with Crippen molar-refractivity contribution < 1.29 is 0 Å². The number of nitrogens with zero attached hydrogens (tertiary/aromatic N) is 6. The molecule has 0 aliphatic carbocycles. The zero-order valence-electron chi connectivity index (χ0n) is 17.8. The summed E-state index contributed by atoms with van der Waals surface area (Å²) < 4.78 is 3.65. The number of anilines is 4. The minimum absolute atomic E-state index is 0.732. The van der Waals surface area contributed by atoms with E-state index in [-0.39, 0.29) is 0 Å². The lowest BCUT2D eigenvalue weighted by Gasteiger charge is -2.09. The molecular formula is C24H22N8. The second-order valence-electron chi connectivity index (χ2n) is 7.35. The molecule has 0 radical (unpaired) electrons. The van der Waals surface area contributed by atoms with Crippen LogP contribution in [0.25, 0.3) is 11.4 Å². The van der Waals surface area contributed by atoms with Crippen LogP contribution in [0.4, 0.5) is 22.9 Å². The first kappa shape index (κ1) is 19.5. The Morgan fingerprint density at radius 3 is 2.31 bits per heavy atom. The maximum Gasteiger partial charge on any atom is 0.148 e. The van der Waals surface area contributed by atoms with Crippen LogP contribution in [-0.2, 0) is 0 Å². The molecule has 0 bridgehead atoms. The first-order valence-corrected chi connectivity index (χ1v) is 10.2. The van der Waals surface area contributed by atoms with Crippen molar-refractivity contribution in [1.82, 2.24) is 29.5 Å². The average Bonchev–Trinajstić information content (AvgIpc) is 3.41. The predicted octanol–water partition coefficient (Wildman–Crippen LogP) is 4.95. The molecule has 32 heavy (non-hydrogen) atoms. The number of aryl methyl sites for hydroxylation is 2. The Balaban J connectivity index is 1.31. The summed E-state index contributed by atoms with van der Waals surface area (Å²) in [5, 5.41) is 15.6. The normalized spacial score (nSPS) is 10.8. The topological polar surface area (TPSA) is 85.5 Å². The second kappa shape index (κ2) is 8.35. The van der Waals surface area contributed by atoms with Crippen LogP contribution >= 0.6 is 0 Å². The molecule has 0 aliphatic rings. The molecule has 0 amide bonds. The molecular weight excluding hydrogens is 400 g/mol. The standard InChI is InChI=1S/C24H22N8/c1-17-27-18(2)32(30-17)22-10-8-20(9-11-22)29-24-14-23(12-13-25-24)31-16-21(15-26-31)28-19-6-4-3-5-7-19/h3-16,28H,1-2H3,(H,25,29). The lowest BCUT2D eigenvalue weighted by atomic mass is 10.2. The van der Waals surface area contributed by atoms with Crippen LogP contribution in [-0.4, -0.2) is 29.5 Å². The maximum atomic E-state index is 4.47. The number of nitrogens with one attached hydrogen (secondary N) is 2. The quantitative estimate of drug-likeness (QED) is 0.403. The smallest absolute Gasteiger partial charge is 0.148 e. The van der Waals surface area contributed by atoms with E-state index in [2.05, 4.69) is 30.8 Å². The van der Waals surface area contributed by atoms with E-state index in [9.17, 15) is 0 Å². The largest absolute Gasteiger partial charge is 0.353 e. The van der Waals surface area contributed by atoms with E-state index in [1.807, 2.05) is 96.1 Å². The fourth-order valence-corrected chi connectivity index (χ4v) is 3.45. The lowest BCUT2D eigenvalue weighted by Crippen LogP contribution is -2.01. The summed E-state index contributed by atoms with van der Waals surface area (Å²) in [7, 11) is 0. The molecule has 8 heteroatoms. The van der Waals surface area contributed by atoms with E-state index < -0.39 is 0 Å². The van der Waals surface area contributed by atoms with Gasteiger partial charge in [-0.05, 0) is 56.3 Å². The Bertz CT molecular complexity index is 1340. The molecule has 158 valence electrons. The van der Waals surface area contributed by atoms with Crippen molar-refractivity contribution in [2.75, 3.05) is 10.6 Å². The van der Waals surface area contributed by atoms with Gasteiger partial charge in [0, 0.05) is 23.6 Å². The minimum Gasteiger partial charge on any atom is -0.353 e. The average molecular weight is 422 g/mol. The van der Waals surface area contributed by atoms with Gasteiger partial charge in [-0.15, -0.1) is 0 Å². The molecule has 0 aliphatic heterocycles. The van der Waals surface area contributed by atoms with Gasteiger partial charge in [0.05, 0.1) is 29.5 Å². The van der Waals surface area contributed by atoms with Crippen LogP contribution in [0.3, 0.4) is 0 Å². The fourth-order valence-electron chi connectivity index (χ4n) is 3.45. The van der Waals surface area contributed by atoms with Gasteiger partial charge in [-0.25, -0.2) is 19.3 Å². The van der Waals surface area contributed by atoms with Crippen molar-refractivity contribution in [2.24, 2.45) is 0 Å². The number of aromatic nitrogens is 6. The third-order valence-electron chi connectivity index (χ3n) is 4.91. The third kappa shape index (κ3) is 4.20. The first-order chi connectivity index (χ1) is 15.6. The van der Waals surface area contributed by atoms with Gasteiger partial charge in [0.15, 0.2) is 0 Å². The van der Waals surface area contributed by atoms with E-state index >= 15 is 0 Å². The molecule has 5 aromatic rings.